The van der Waals surface area contributed by atoms with Crippen LogP contribution in [0.25, 0.3) is 27.9 Å². The first-order valence-corrected chi connectivity index (χ1v) is 9.60. The highest BCUT2D eigenvalue weighted by Crippen LogP contribution is 2.26. The molecule has 1 aliphatic heterocycles. The lowest BCUT2D eigenvalue weighted by Gasteiger charge is -2.37. The molecule has 142 valence electrons. The van der Waals surface area contributed by atoms with Gasteiger partial charge >= 0.3 is 5.63 Å². The molecule has 6 nitrogen and oxygen atoms in total. The van der Waals surface area contributed by atoms with Gasteiger partial charge in [0, 0.05) is 54.7 Å². The molecule has 2 unspecified atom stereocenters. The van der Waals surface area contributed by atoms with Crippen molar-refractivity contribution < 1.29 is 4.42 Å². The van der Waals surface area contributed by atoms with Gasteiger partial charge < -0.3 is 19.0 Å². The Labute approximate surface area is 162 Å². The number of nitrogens with zero attached hydrogens (tertiary/aromatic N) is 3. The molecule has 1 N–H and O–H groups in total. The van der Waals surface area contributed by atoms with E-state index in [1.807, 2.05) is 53.2 Å². The minimum Gasteiger partial charge on any atom is -0.422 e. The fourth-order valence-corrected chi connectivity index (χ4v) is 4.08. The van der Waals surface area contributed by atoms with Gasteiger partial charge in [0.15, 0.2) is 0 Å². The molecule has 0 radical (unpaired) electrons. The molecule has 4 heterocycles. The van der Waals surface area contributed by atoms with Crippen LogP contribution < -0.4 is 15.8 Å². The highest BCUT2D eigenvalue weighted by atomic mass is 16.4. The van der Waals surface area contributed by atoms with Crippen LogP contribution in [0.4, 0.5) is 5.69 Å². The Bertz CT molecular complexity index is 1180. The largest absolute Gasteiger partial charge is 0.422 e. The number of hydrogen-bond donors (Lipinski definition) is 1. The van der Waals surface area contributed by atoms with Gasteiger partial charge in [-0.05, 0) is 44.2 Å². The lowest BCUT2D eigenvalue weighted by atomic mass is 10.1. The van der Waals surface area contributed by atoms with Crippen molar-refractivity contribution in [2.75, 3.05) is 18.0 Å². The Kier molecular flexibility index (Phi) is 3.94. The Morgan fingerprint density at radius 3 is 2.71 bits per heavy atom. The molecule has 3 aromatic heterocycles. The maximum atomic E-state index is 12.7. The lowest BCUT2D eigenvalue weighted by molar-refractivity contribution is 0.407. The third kappa shape index (κ3) is 2.96. The summed E-state index contributed by atoms with van der Waals surface area (Å²) in [6, 6.07) is 14.6. The number of benzene rings is 1. The van der Waals surface area contributed by atoms with E-state index in [-0.39, 0.29) is 5.63 Å². The topological polar surface area (TPSA) is 62.8 Å². The molecule has 4 aromatic rings. The number of rotatable bonds is 2. The summed E-state index contributed by atoms with van der Waals surface area (Å²) in [5, 5.41) is 4.43. The molecule has 5 rings (SSSR count). The van der Waals surface area contributed by atoms with Gasteiger partial charge in [-0.1, -0.05) is 6.07 Å². The Balaban J connectivity index is 1.55. The zero-order valence-electron chi connectivity index (χ0n) is 15.9. The van der Waals surface area contributed by atoms with Gasteiger partial charge in [0.25, 0.3) is 0 Å². The summed E-state index contributed by atoms with van der Waals surface area (Å²) < 4.78 is 7.58. The van der Waals surface area contributed by atoms with Crippen LogP contribution in [0.15, 0.2) is 64.1 Å². The standard InChI is InChI=1S/C22H22N4O2/c1-14-11-26(12-15(2)23-14)17-7-6-16-9-18(22(27)28-20(16)10-17)19-13-25-8-4-3-5-21(25)24-19/h3-10,13-15,23H,11-12H2,1-2H3. The predicted molar refractivity (Wildman–Crippen MR) is 111 cm³/mol. The molecule has 0 aliphatic carbocycles. The number of hydrogen-bond acceptors (Lipinski definition) is 5. The Morgan fingerprint density at radius 2 is 1.93 bits per heavy atom. The van der Waals surface area contributed by atoms with Gasteiger partial charge in [0.05, 0.1) is 11.3 Å². The third-order valence-electron chi connectivity index (χ3n) is 5.28. The second kappa shape index (κ2) is 6.49. The molecule has 6 heteroatoms. The van der Waals surface area contributed by atoms with Crippen molar-refractivity contribution in [1.29, 1.82) is 0 Å². The predicted octanol–water partition coefficient (Wildman–Crippen LogP) is 3.29. The van der Waals surface area contributed by atoms with Crippen LogP contribution in [0.3, 0.4) is 0 Å². The van der Waals surface area contributed by atoms with Gasteiger partial charge in [0.2, 0.25) is 0 Å². The number of imidazole rings is 1. The molecule has 1 aromatic carbocycles. The average molecular weight is 374 g/mol. The summed E-state index contributed by atoms with van der Waals surface area (Å²) in [5.74, 6) is 0. The number of pyridine rings is 1. The molecule has 1 saturated heterocycles. The Hall–Kier alpha value is -3.12. The number of anilines is 1. The first-order chi connectivity index (χ1) is 13.6. The second-order valence-corrected chi connectivity index (χ2v) is 7.64. The van der Waals surface area contributed by atoms with E-state index in [2.05, 4.69) is 35.1 Å². The van der Waals surface area contributed by atoms with Crippen LogP contribution in [-0.2, 0) is 0 Å². The van der Waals surface area contributed by atoms with Crippen molar-refractivity contribution >= 4 is 22.3 Å². The summed E-state index contributed by atoms with van der Waals surface area (Å²) in [5.41, 5.74) is 3.22. The van der Waals surface area contributed by atoms with Crippen molar-refractivity contribution in [3.05, 3.63) is 65.3 Å². The van der Waals surface area contributed by atoms with Crippen molar-refractivity contribution in [1.82, 2.24) is 14.7 Å². The summed E-state index contributed by atoms with van der Waals surface area (Å²) in [6.07, 6.45) is 3.77. The van der Waals surface area contributed by atoms with Crippen molar-refractivity contribution in [2.45, 2.75) is 25.9 Å². The molecule has 2 atom stereocenters. The zero-order valence-corrected chi connectivity index (χ0v) is 15.9. The normalized spacial score (nSPS) is 20.1. The van der Waals surface area contributed by atoms with E-state index in [0.29, 0.717) is 28.9 Å². The van der Waals surface area contributed by atoms with Crippen LogP contribution in [-0.4, -0.2) is 34.6 Å². The van der Waals surface area contributed by atoms with Crippen LogP contribution in [0.5, 0.6) is 0 Å². The van der Waals surface area contributed by atoms with E-state index in [4.69, 9.17) is 4.42 Å². The zero-order chi connectivity index (χ0) is 19.3. The maximum Gasteiger partial charge on any atom is 0.345 e. The van der Waals surface area contributed by atoms with E-state index in [9.17, 15) is 4.79 Å². The molecule has 28 heavy (non-hydrogen) atoms. The van der Waals surface area contributed by atoms with E-state index in [1.165, 1.54) is 0 Å². The summed E-state index contributed by atoms with van der Waals surface area (Å²) in [4.78, 5) is 19.5. The van der Waals surface area contributed by atoms with Crippen LogP contribution >= 0.6 is 0 Å². The van der Waals surface area contributed by atoms with E-state index < -0.39 is 0 Å². The molecule has 0 saturated carbocycles. The van der Waals surface area contributed by atoms with Gasteiger partial charge in [-0.25, -0.2) is 9.78 Å². The van der Waals surface area contributed by atoms with Gasteiger partial charge in [-0.3, -0.25) is 0 Å². The van der Waals surface area contributed by atoms with Crippen LogP contribution in [0.1, 0.15) is 13.8 Å². The van der Waals surface area contributed by atoms with Gasteiger partial charge in [-0.15, -0.1) is 0 Å². The fraction of sp³-hybridized carbons (Fsp3) is 0.273. The van der Waals surface area contributed by atoms with Gasteiger partial charge in [-0.2, -0.15) is 0 Å². The molecule has 1 aliphatic rings. The highest BCUT2D eigenvalue weighted by Gasteiger charge is 2.21. The van der Waals surface area contributed by atoms with Gasteiger partial charge in [0.1, 0.15) is 11.2 Å². The number of nitrogens with one attached hydrogen (secondary N) is 1. The first-order valence-electron chi connectivity index (χ1n) is 9.60. The summed E-state index contributed by atoms with van der Waals surface area (Å²) in [7, 11) is 0. The third-order valence-corrected chi connectivity index (χ3v) is 5.28. The highest BCUT2D eigenvalue weighted by molar-refractivity contribution is 5.84. The fourth-order valence-electron chi connectivity index (χ4n) is 4.08. The molecule has 0 amide bonds. The smallest absolute Gasteiger partial charge is 0.345 e. The SMILES string of the molecule is CC1CN(c2ccc3cc(-c4cn5ccccc5n4)c(=O)oc3c2)CC(C)N1. The molecule has 0 bridgehead atoms. The minimum atomic E-state index is -0.366. The van der Waals surface area contributed by atoms with Crippen LogP contribution in [0, 0.1) is 0 Å². The van der Waals surface area contributed by atoms with Crippen LogP contribution in [0.2, 0.25) is 0 Å². The van der Waals surface area contributed by atoms with Crippen molar-refractivity contribution in [3.63, 3.8) is 0 Å². The summed E-state index contributed by atoms with van der Waals surface area (Å²) >= 11 is 0. The number of piperazine rings is 1. The van der Waals surface area contributed by atoms with Crippen molar-refractivity contribution in [2.24, 2.45) is 0 Å². The molecule has 1 fully saturated rings. The quantitative estimate of drug-likeness (QED) is 0.546. The number of aromatic nitrogens is 2. The monoisotopic (exact) mass is 374 g/mol. The molecular weight excluding hydrogens is 352 g/mol. The Morgan fingerprint density at radius 1 is 1.11 bits per heavy atom. The first kappa shape index (κ1) is 17.0. The van der Waals surface area contributed by atoms with E-state index in [0.717, 1.165) is 29.8 Å². The summed E-state index contributed by atoms with van der Waals surface area (Å²) in [6.45, 7) is 6.23. The minimum absolute atomic E-state index is 0.366. The maximum absolute atomic E-state index is 12.7. The average Bonchev–Trinajstić information content (AvgIpc) is 3.10. The second-order valence-electron chi connectivity index (χ2n) is 7.64. The molecule has 0 spiro atoms. The van der Waals surface area contributed by atoms with E-state index >= 15 is 0 Å². The number of fused-ring (bicyclic) bond motifs is 2. The lowest BCUT2D eigenvalue weighted by Crippen LogP contribution is -2.54. The van der Waals surface area contributed by atoms with E-state index in [1.54, 1.807) is 0 Å². The van der Waals surface area contributed by atoms with Crippen molar-refractivity contribution in [3.8, 4) is 11.3 Å². The molecular formula is C22H22N4O2.